The van der Waals surface area contributed by atoms with Crippen LogP contribution in [0, 0.1) is 5.92 Å². The van der Waals surface area contributed by atoms with Gasteiger partial charge in [0, 0.05) is 24.0 Å². The Morgan fingerprint density at radius 1 is 0.778 bits per heavy atom. The van der Waals surface area contributed by atoms with Crippen molar-refractivity contribution in [2.45, 2.75) is 43.5 Å². The van der Waals surface area contributed by atoms with Gasteiger partial charge in [-0.15, -0.1) is 0 Å². The zero-order chi connectivity index (χ0) is 18.5. The van der Waals surface area contributed by atoms with Crippen LogP contribution in [0.1, 0.15) is 32.6 Å². The van der Waals surface area contributed by atoms with Crippen molar-refractivity contribution in [2.24, 2.45) is 5.92 Å². The highest BCUT2D eigenvalue weighted by Gasteiger charge is 2.27. The maximum absolute atomic E-state index is 5.88. The fourth-order valence-corrected chi connectivity index (χ4v) is 4.98. The van der Waals surface area contributed by atoms with Crippen molar-refractivity contribution in [1.82, 2.24) is 9.21 Å². The molecule has 144 valence electrons. The molecule has 4 rings (SSSR count). The Balaban J connectivity index is 1.24. The van der Waals surface area contributed by atoms with E-state index >= 15 is 0 Å². The first-order valence-corrected chi connectivity index (χ1v) is 11.0. The van der Waals surface area contributed by atoms with Crippen molar-refractivity contribution in [3.8, 4) is 11.5 Å². The lowest BCUT2D eigenvalue weighted by atomic mass is 9.95. The first-order valence-electron chi connectivity index (χ1n) is 10.3. The first kappa shape index (κ1) is 18.9. The van der Waals surface area contributed by atoms with Crippen LogP contribution in [0.15, 0.2) is 59.5 Å². The van der Waals surface area contributed by atoms with Crippen LogP contribution >= 0.6 is 11.9 Å². The Kier molecular flexibility index (Phi) is 6.38. The quantitative estimate of drug-likeness (QED) is 0.618. The standard InChI is InChI=1S/C23H30N2OS/c1-19-11-15-24(16-12-19)20-13-17-25(18-14-20)27-23-9-7-22(8-10-23)26-21-5-3-2-4-6-21/h2-10,19-20H,11-18H2,1H3. The molecule has 0 aliphatic carbocycles. The molecule has 2 aliphatic rings. The van der Waals surface area contributed by atoms with E-state index in [1.165, 1.54) is 56.8 Å². The van der Waals surface area contributed by atoms with Crippen LogP contribution in [0.25, 0.3) is 0 Å². The zero-order valence-electron chi connectivity index (χ0n) is 16.2. The summed E-state index contributed by atoms with van der Waals surface area (Å²) in [5.41, 5.74) is 0. The van der Waals surface area contributed by atoms with E-state index < -0.39 is 0 Å². The maximum atomic E-state index is 5.88. The van der Waals surface area contributed by atoms with Gasteiger partial charge in [0.1, 0.15) is 11.5 Å². The highest BCUT2D eigenvalue weighted by molar-refractivity contribution is 7.97. The molecule has 2 fully saturated rings. The topological polar surface area (TPSA) is 15.7 Å². The summed E-state index contributed by atoms with van der Waals surface area (Å²) >= 11 is 1.89. The molecule has 0 amide bonds. The van der Waals surface area contributed by atoms with E-state index in [9.17, 15) is 0 Å². The van der Waals surface area contributed by atoms with Crippen molar-refractivity contribution in [3.63, 3.8) is 0 Å². The third-order valence-corrected chi connectivity index (χ3v) is 6.90. The summed E-state index contributed by atoms with van der Waals surface area (Å²) in [6.07, 6.45) is 5.37. The van der Waals surface area contributed by atoms with Gasteiger partial charge >= 0.3 is 0 Å². The number of ether oxygens (including phenoxy) is 1. The predicted molar refractivity (Wildman–Crippen MR) is 113 cm³/mol. The second-order valence-corrected chi connectivity index (χ2v) is 9.03. The number of likely N-dealkylation sites (tertiary alicyclic amines) is 1. The monoisotopic (exact) mass is 382 g/mol. The third-order valence-electron chi connectivity index (χ3n) is 5.80. The molecule has 2 saturated heterocycles. The van der Waals surface area contributed by atoms with Crippen LogP contribution in [-0.4, -0.2) is 41.4 Å². The minimum absolute atomic E-state index is 0.802. The molecule has 2 aliphatic heterocycles. The van der Waals surface area contributed by atoms with Crippen LogP contribution in [0.2, 0.25) is 0 Å². The van der Waals surface area contributed by atoms with Gasteiger partial charge in [-0.2, -0.15) is 0 Å². The number of piperidine rings is 2. The van der Waals surface area contributed by atoms with Crippen molar-refractivity contribution < 1.29 is 4.74 Å². The molecule has 0 spiro atoms. The van der Waals surface area contributed by atoms with E-state index in [0.717, 1.165) is 23.5 Å². The van der Waals surface area contributed by atoms with Gasteiger partial charge in [0.2, 0.25) is 0 Å². The van der Waals surface area contributed by atoms with Gasteiger partial charge in [-0.25, -0.2) is 4.31 Å². The fourth-order valence-electron chi connectivity index (χ4n) is 4.03. The molecule has 27 heavy (non-hydrogen) atoms. The van der Waals surface area contributed by atoms with Crippen LogP contribution in [0.5, 0.6) is 11.5 Å². The van der Waals surface area contributed by atoms with E-state index in [4.69, 9.17) is 4.74 Å². The maximum Gasteiger partial charge on any atom is 0.127 e. The molecule has 2 heterocycles. The molecule has 0 N–H and O–H groups in total. The Morgan fingerprint density at radius 2 is 1.41 bits per heavy atom. The minimum atomic E-state index is 0.802. The van der Waals surface area contributed by atoms with Crippen LogP contribution in [0.3, 0.4) is 0 Å². The summed E-state index contributed by atoms with van der Waals surface area (Å²) in [7, 11) is 0. The molecule has 0 unspecified atom stereocenters. The Hall–Kier alpha value is -1.49. The summed E-state index contributed by atoms with van der Waals surface area (Å²) in [6, 6.07) is 19.2. The Morgan fingerprint density at radius 3 is 2.07 bits per heavy atom. The van der Waals surface area contributed by atoms with Gasteiger partial charge in [0.05, 0.1) is 0 Å². The van der Waals surface area contributed by atoms with Gasteiger partial charge in [-0.1, -0.05) is 25.1 Å². The Labute approximate surface area is 167 Å². The summed E-state index contributed by atoms with van der Waals surface area (Å²) < 4.78 is 8.41. The first-order chi connectivity index (χ1) is 13.3. The van der Waals surface area contributed by atoms with Crippen molar-refractivity contribution in [3.05, 3.63) is 54.6 Å². The second kappa shape index (κ2) is 9.13. The molecular weight excluding hydrogens is 352 g/mol. The van der Waals surface area contributed by atoms with Gasteiger partial charge in [0.15, 0.2) is 0 Å². The SMILES string of the molecule is CC1CCN(C2CCN(Sc3ccc(Oc4ccccc4)cc3)CC2)CC1. The van der Waals surface area contributed by atoms with Gasteiger partial charge < -0.3 is 9.64 Å². The van der Waals surface area contributed by atoms with Crippen molar-refractivity contribution in [1.29, 1.82) is 0 Å². The number of nitrogens with zero attached hydrogens (tertiary/aromatic N) is 2. The summed E-state index contributed by atoms with van der Waals surface area (Å²) in [4.78, 5) is 4.04. The molecule has 2 aromatic carbocycles. The average Bonchev–Trinajstić information content (AvgIpc) is 2.72. The molecule has 0 saturated carbocycles. The van der Waals surface area contributed by atoms with Crippen LogP contribution in [0.4, 0.5) is 0 Å². The summed E-state index contributed by atoms with van der Waals surface area (Å²) in [5, 5.41) is 0. The normalized spacial score (nSPS) is 20.6. The number of para-hydroxylation sites is 1. The largest absolute Gasteiger partial charge is 0.457 e. The smallest absolute Gasteiger partial charge is 0.127 e. The van der Waals surface area contributed by atoms with Gasteiger partial charge in [0.25, 0.3) is 0 Å². The van der Waals surface area contributed by atoms with E-state index in [0.29, 0.717) is 0 Å². The third kappa shape index (κ3) is 5.28. The summed E-state index contributed by atoms with van der Waals surface area (Å²) in [5.74, 6) is 2.70. The zero-order valence-corrected chi connectivity index (χ0v) is 17.0. The molecule has 0 radical (unpaired) electrons. The number of hydrogen-bond acceptors (Lipinski definition) is 4. The molecule has 0 atom stereocenters. The van der Waals surface area contributed by atoms with E-state index in [2.05, 4.69) is 40.4 Å². The lowest BCUT2D eigenvalue weighted by molar-refractivity contribution is 0.103. The number of hydrogen-bond donors (Lipinski definition) is 0. The molecule has 0 bridgehead atoms. The lowest BCUT2D eigenvalue weighted by Gasteiger charge is -2.41. The molecule has 3 nitrogen and oxygen atoms in total. The van der Waals surface area contributed by atoms with E-state index in [-0.39, 0.29) is 0 Å². The highest BCUT2D eigenvalue weighted by atomic mass is 32.2. The molecule has 2 aromatic rings. The number of rotatable bonds is 5. The van der Waals surface area contributed by atoms with E-state index in [1.807, 2.05) is 42.3 Å². The summed E-state index contributed by atoms with van der Waals surface area (Å²) in [6.45, 7) is 7.38. The van der Waals surface area contributed by atoms with Crippen LogP contribution < -0.4 is 4.74 Å². The molecule has 0 aromatic heterocycles. The second-order valence-electron chi connectivity index (χ2n) is 7.86. The van der Waals surface area contributed by atoms with Crippen LogP contribution in [-0.2, 0) is 0 Å². The predicted octanol–water partition coefficient (Wildman–Crippen LogP) is 5.68. The highest BCUT2D eigenvalue weighted by Crippen LogP contribution is 2.31. The van der Waals surface area contributed by atoms with Crippen molar-refractivity contribution in [2.75, 3.05) is 26.2 Å². The Bertz CT molecular complexity index is 690. The van der Waals surface area contributed by atoms with Crippen molar-refractivity contribution >= 4 is 11.9 Å². The van der Waals surface area contributed by atoms with Gasteiger partial charge in [-0.05, 0) is 93.0 Å². The number of benzene rings is 2. The fraction of sp³-hybridized carbons (Fsp3) is 0.478. The molecular formula is C23H30N2OS. The van der Waals surface area contributed by atoms with Gasteiger partial charge in [-0.3, -0.25) is 0 Å². The minimum Gasteiger partial charge on any atom is -0.457 e. The molecule has 4 heteroatoms. The average molecular weight is 383 g/mol. The lowest BCUT2D eigenvalue weighted by Crippen LogP contribution is -2.46. The van der Waals surface area contributed by atoms with E-state index in [1.54, 1.807) is 0 Å².